The van der Waals surface area contributed by atoms with Gasteiger partial charge in [0, 0.05) is 0 Å². The van der Waals surface area contributed by atoms with Crippen molar-refractivity contribution in [1.82, 2.24) is 0 Å². The summed E-state index contributed by atoms with van der Waals surface area (Å²) in [5.41, 5.74) is 0. The van der Waals surface area contributed by atoms with Crippen LogP contribution in [0.5, 0.6) is 0 Å². The first-order valence-electron chi connectivity index (χ1n) is 3.97. The van der Waals surface area contributed by atoms with E-state index in [0.717, 1.165) is 5.92 Å². The lowest BCUT2D eigenvalue weighted by atomic mass is 10.1. The summed E-state index contributed by atoms with van der Waals surface area (Å²) in [7, 11) is 0. The van der Waals surface area contributed by atoms with E-state index in [-0.39, 0.29) is 0 Å². The van der Waals surface area contributed by atoms with Crippen LogP contribution in [0, 0.1) is 5.92 Å². The van der Waals surface area contributed by atoms with Crippen LogP contribution in [-0.2, 0) is 0 Å². The van der Waals surface area contributed by atoms with Crippen molar-refractivity contribution in [2.24, 2.45) is 5.92 Å². The van der Waals surface area contributed by atoms with Crippen molar-refractivity contribution in [1.29, 1.82) is 0 Å². The number of unbranched alkanes of at least 4 members (excludes halogenated alkanes) is 2. The van der Waals surface area contributed by atoms with Gasteiger partial charge in [-0.05, 0) is 5.92 Å². The highest BCUT2D eigenvalue weighted by Gasteiger charge is 1.91. The van der Waals surface area contributed by atoms with Gasteiger partial charge in [-0.3, -0.25) is 0 Å². The molecule has 0 nitrogen and oxygen atoms in total. The zero-order chi connectivity index (χ0) is 7.11. The lowest BCUT2D eigenvalue weighted by molar-refractivity contribution is 0.534. The Labute approximate surface area is 67.5 Å². The predicted molar refractivity (Wildman–Crippen MR) is 43.9 cm³/mol. The van der Waals surface area contributed by atoms with Crippen molar-refractivity contribution < 1.29 is 0 Å². The van der Waals surface area contributed by atoms with Gasteiger partial charge in [0.15, 0.2) is 0 Å². The van der Waals surface area contributed by atoms with E-state index in [1.54, 1.807) is 0 Å². The molecule has 0 rings (SSSR count). The molecule has 2 radical (unpaired) electrons. The number of hydrogen-bond acceptors (Lipinski definition) is 0. The lowest BCUT2D eigenvalue weighted by Gasteiger charge is -2.02. The molecule has 0 bridgehead atoms. The summed E-state index contributed by atoms with van der Waals surface area (Å²) in [6.07, 6.45) is 5.63. The van der Waals surface area contributed by atoms with E-state index in [1.807, 2.05) is 0 Å². The third-order valence-electron chi connectivity index (χ3n) is 1.49. The fourth-order valence-corrected chi connectivity index (χ4v) is 1.16. The smallest absolute Gasteiger partial charge is 0.118 e. The van der Waals surface area contributed by atoms with E-state index < -0.39 is 0 Å². The molecule has 0 aromatic rings. The highest BCUT2D eigenvalue weighted by molar-refractivity contribution is 6.08. The van der Waals surface area contributed by atoms with Crippen molar-refractivity contribution >= 4 is 16.3 Å². The van der Waals surface area contributed by atoms with Gasteiger partial charge in [-0.15, -0.1) is 5.28 Å². The van der Waals surface area contributed by atoms with Crippen LogP contribution in [0.2, 0.25) is 5.28 Å². The average Bonchev–Trinajstić information content (AvgIpc) is 1.80. The molecule has 0 aliphatic rings. The first kappa shape index (κ1) is 9.53. The fraction of sp³-hybridized carbons (Fsp3) is 1.00. The van der Waals surface area contributed by atoms with Gasteiger partial charge in [-0.1, -0.05) is 39.5 Å². The Morgan fingerprint density at radius 1 is 1.11 bits per heavy atom. The van der Waals surface area contributed by atoms with Crippen molar-refractivity contribution in [3.05, 3.63) is 0 Å². The third kappa shape index (κ3) is 8.53. The molecule has 0 aromatic carbocycles. The molecule has 0 heterocycles. The molecule has 0 saturated heterocycles. The summed E-state index contributed by atoms with van der Waals surface area (Å²) in [6, 6.07) is 0. The molecule has 0 fully saturated rings. The summed E-state index contributed by atoms with van der Waals surface area (Å²) < 4.78 is 0. The molecule has 0 aliphatic heterocycles. The highest BCUT2D eigenvalue weighted by Crippen LogP contribution is 2.08. The van der Waals surface area contributed by atoms with E-state index in [0.29, 0.717) is 0 Å². The molecular formula is C8H17Al. The maximum absolute atomic E-state index is 2.77. The van der Waals surface area contributed by atoms with Crippen LogP contribution in [0.15, 0.2) is 0 Å². The Balaban J connectivity index is 2.75. The van der Waals surface area contributed by atoms with Crippen LogP contribution in [0.1, 0.15) is 39.5 Å². The molecular weight excluding hydrogens is 123 g/mol. The van der Waals surface area contributed by atoms with Gasteiger partial charge in [0.2, 0.25) is 0 Å². The van der Waals surface area contributed by atoms with E-state index >= 15 is 0 Å². The second-order valence-electron chi connectivity index (χ2n) is 3.03. The monoisotopic (exact) mass is 140 g/mol. The molecule has 52 valence electrons. The van der Waals surface area contributed by atoms with E-state index in [4.69, 9.17) is 0 Å². The molecule has 0 amide bonds. The predicted octanol–water partition coefficient (Wildman–Crippen LogP) is 2.79. The van der Waals surface area contributed by atoms with Crippen LogP contribution in [0.4, 0.5) is 0 Å². The zero-order valence-electron chi connectivity index (χ0n) is 6.69. The minimum absolute atomic E-state index is 0.898. The summed E-state index contributed by atoms with van der Waals surface area (Å²) in [4.78, 5) is 0. The Kier molecular flexibility index (Phi) is 7.04. The Morgan fingerprint density at radius 2 is 1.78 bits per heavy atom. The maximum Gasteiger partial charge on any atom is 0.118 e. The summed E-state index contributed by atoms with van der Waals surface area (Å²) in [5.74, 6) is 0.898. The van der Waals surface area contributed by atoms with E-state index in [1.165, 1.54) is 31.0 Å². The summed E-state index contributed by atoms with van der Waals surface area (Å²) in [5, 5.41) is 1.28. The van der Waals surface area contributed by atoms with Gasteiger partial charge in [0.25, 0.3) is 0 Å². The van der Waals surface area contributed by atoms with Crippen LogP contribution in [-0.4, -0.2) is 16.3 Å². The highest BCUT2D eigenvalue weighted by atomic mass is 27.0. The first-order chi connectivity index (χ1) is 4.27. The zero-order valence-corrected chi connectivity index (χ0v) is 7.84. The van der Waals surface area contributed by atoms with E-state index in [9.17, 15) is 0 Å². The Bertz CT molecular complexity index is 50.5. The Hall–Kier alpha value is 0.532. The number of hydrogen-bond donors (Lipinski definition) is 0. The number of rotatable bonds is 5. The molecule has 0 atom stereocenters. The van der Waals surface area contributed by atoms with Crippen LogP contribution in [0.25, 0.3) is 0 Å². The average molecular weight is 140 g/mol. The van der Waals surface area contributed by atoms with Crippen molar-refractivity contribution in [2.45, 2.75) is 44.8 Å². The van der Waals surface area contributed by atoms with Crippen LogP contribution < -0.4 is 0 Å². The summed E-state index contributed by atoms with van der Waals surface area (Å²) >= 11 is 2.77. The molecule has 1 heteroatoms. The molecule has 0 N–H and O–H groups in total. The largest absolute Gasteiger partial charge is 0.118 e. The van der Waals surface area contributed by atoms with Crippen LogP contribution >= 0.6 is 0 Å². The minimum atomic E-state index is 0.898. The molecule has 0 aromatic heterocycles. The van der Waals surface area contributed by atoms with E-state index in [2.05, 4.69) is 30.1 Å². The molecule has 9 heavy (non-hydrogen) atoms. The quantitative estimate of drug-likeness (QED) is 0.407. The third-order valence-corrected chi connectivity index (χ3v) is 1.89. The molecule has 0 unspecified atom stereocenters. The SMILES string of the molecule is CC(C)CCCC[CH2][Al]. The van der Waals surface area contributed by atoms with Gasteiger partial charge in [-0.25, -0.2) is 0 Å². The van der Waals surface area contributed by atoms with Crippen molar-refractivity contribution in [3.8, 4) is 0 Å². The van der Waals surface area contributed by atoms with Crippen molar-refractivity contribution in [3.63, 3.8) is 0 Å². The standard InChI is InChI=1S/C8H17.Al/c1-4-5-6-7-8(2)3;/h8H,1,4-7H2,2-3H3;. The van der Waals surface area contributed by atoms with Gasteiger partial charge < -0.3 is 0 Å². The van der Waals surface area contributed by atoms with Crippen molar-refractivity contribution in [2.75, 3.05) is 0 Å². The maximum atomic E-state index is 2.77. The van der Waals surface area contributed by atoms with Gasteiger partial charge in [0.05, 0.1) is 0 Å². The van der Waals surface area contributed by atoms with Crippen LogP contribution in [0.3, 0.4) is 0 Å². The Morgan fingerprint density at radius 3 is 2.22 bits per heavy atom. The topological polar surface area (TPSA) is 0 Å². The second-order valence-corrected chi connectivity index (χ2v) is 3.61. The molecule has 0 spiro atoms. The summed E-state index contributed by atoms with van der Waals surface area (Å²) in [6.45, 7) is 4.58. The molecule has 0 aliphatic carbocycles. The minimum Gasteiger partial charge on any atom is -0.118 e. The van der Waals surface area contributed by atoms with Gasteiger partial charge in [0.1, 0.15) is 16.3 Å². The fourth-order valence-electron chi connectivity index (χ4n) is 0.874. The normalized spacial score (nSPS) is 10.6. The van der Waals surface area contributed by atoms with Gasteiger partial charge >= 0.3 is 0 Å². The molecule has 0 saturated carbocycles. The van der Waals surface area contributed by atoms with Gasteiger partial charge in [-0.2, -0.15) is 0 Å². The second kappa shape index (κ2) is 6.65. The first-order valence-corrected chi connectivity index (χ1v) is 4.79. The lowest BCUT2D eigenvalue weighted by Crippen LogP contribution is -1.86.